The largest absolute Gasteiger partial charge is 0.494 e. The first-order valence-corrected chi connectivity index (χ1v) is 11.1. The van der Waals surface area contributed by atoms with Crippen LogP contribution in [0.1, 0.15) is 47.3 Å². The molecule has 4 aromatic rings. The summed E-state index contributed by atoms with van der Waals surface area (Å²) in [5.41, 5.74) is 4.18. The molecule has 168 valence electrons. The molecule has 0 bridgehead atoms. The molecule has 4 rings (SSSR count). The van der Waals surface area contributed by atoms with Crippen LogP contribution in [0.25, 0.3) is 11.1 Å². The van der Waals surface area contributed by atoms with Crippen molar-refractivity contribution in [3.63, 3.8) is 0 Å². The number of aryl methyl sites for hydroxylation is 1. The highest BCUT2D eigenvalue weighted by atomic mass is 16.5. The third-order valence-electron chi connectivity index (χ3n) is 5.24. The number of hydrogen-bond acceptors (Lipinski definition) is 5. The van der Waals surface area contributed by atoms with Crippen molar-refractivity contribution in [2.24, 2.45) is 0 Å². The van der Waals surface area contributed by atoms with E-state index in [1.54, 1.807) is 6.20 Å². The fraction of sp³-hybridized carbons (Fsp3) is 0.231. The minimum Gasteiger partial charge on any atom is -0.494 e. The molecule has 2 aromatic heterocycles. The third kappa shape index (κ3) is 5.83. The molecule has 0 fully saturated rings. The first-order chi connectivity index (χ1) is 16.1. The highest BCUT2D eigenvalue weighted by Gasteiger charge is 2.14. The Morgan fingerprint density at radius 3 is 2.76 bits per heavy atom. The molecule has 0 unspecified atom stereocenters. The van der Waals surface area contributed by atoms with E-state index in [1.807, 2.05) is 67.6 Å². The lowest BCUT2D eigenvalue weighted by Crippen LogP contribution is -2.14. The fourth-order valence-electron chi connectivity index (χ4n) is 3.44. The predicted molar refractivity (Wildman–Crippen MR) is 128 cm³/mol. The van der Waals surface area contributed by atoms with Gasteiger partial charge in [-0.05, 0) is 59.9 Å². The van der Waals surface area contributed by atoms with Crippen molar-refractivity contribution in [1.29, 1.82) is 0 Å². The Morgan fingerprint density at radius 2 is 1.94 bits per heavy atom. The van der Waals surface area contributed by atoms with Crippen LogP contribution in [-0.4, -0.2) is 32.7 Å². The zero-order valence-electron chi connectivity index (χ0n) is 18.8. The van der Waals surface area contributed by atoms with Gasteiger partial charge in [0.05, 0.1) is 6.61 Å². The average Bonchev–Trinajstić information content (AvgIpc) is 3.30. The fourth-order valence-corrected chi connectivity index (χ4v) is 3.44. The summed E-state index contributed by atoms with van der Waals surface area (Å²) in [6, 6.07) is 19.7. The van der Waals surface area contributed by atoms with Crippen LogP contribution in [0, 0.1) is 6.92 Å². The van der Waals surface area contributed by atoms with Crippen LogP contribution >= 0.6 is 0 Å². The van der Waals surface area contributed by atoms with Crippen LogP contribution in [0.3, 0.4) is 0 Å². The number of nitrogens with zero attached hydrogens (tertiary/aromatic N) is 3. The van der Waals surface area contributed by atoms with Gasteiger partial charge in [-0.3, -0.25) is 9.89 Å². The summed E-state index contributed by atoms with van der Waals surface area (Å²) < 4.78 is 5.86. The Hall–Kier alpha value is -4.00. The molecule has 33 heavy (non-hydrogen) atoms. The highest BCUT2D eigenvalue weighted by Crippen LogP contribution is 2.29. The first-order valence-electron chi connectivity index (χ1n) is 11.1. The lowest BCUT2D eigenvalue weighted by atomic mass is 10.0. The molecule has 7 nitrogen and oxygen atoms in total. The molecular formula is C26H27N5O2. The minimum absolute atomic E-state index is 0.0793. The van der Waals surface area contributed by atoms with Gasteiger partial charge in [0.15, 0.2) is 0 Å². The SMILES string of the molecule is CCCCOc1ccc(C)c(-c2ccnc(NC(=O)c3n[nH]c(Cc4ccccc4)n3)c2)c1. The highest BCUT2D eigenvalue weighted by molar-refractivity contribution is 6.01. The molecule has 0 spiro atoms. The topological polar surface area (TPSA) is 92.8 Å². The Balaban J connectivity index is 1.46. The number of unbranched alkanes of at least 4 members (excludes halogenated alkanes) is 1. The average molecular weight is 442 g/mol. The van der Waals surface area contributed by atoms with Gasteiger partial charge in [0.2, 0.25) is 5.82 Å². The van der Waals surface area contributed by atoms with Crippen LogP contribution in [0.2, 0.25) is 0 Å². The van der Waals surface area contributed by atoms with Gasteiger partial charge in [-0.25, -0.2) is 9.97 Å². The second kappa shape index (κ2) is 10.5. The van der Waals surface area contributed by atoms with Gasteiger partial charge >= 0.3 is 0 Å². The van der Waals surface area contributed by atoms with E-state index >= 15 is 0 Å². The monoisotopic (exact) mass is 441 g/mol. The number of benzene rings is 2. The number of hydrogen-bond donors (Lipinski definition) is 2. The Bertz CT molecular complexity index is 1220. The molecule has 0 atom stereocenters. The van der Waals surface area contributed by atoms with E-state index in [4.69, 9.17) is 4.74 Å². The smallest absolute Gasteiger partial charge is 0.296 e. The molecule has 0 radical (unpaired) electrons. The van der Waals surface area contributed by atoms with Gasteiger partial charge in [-0.15, -0.1) is 5.10 Å². The number of rotatable bonds is 9. The number of amides is 1. The summed E-state index contributed by atoms with van der Waals surface area (Å²) in [6.07, 6.45) is 4.35. The van der Waals surface area contributed by atoms with E-state index in [-0.39, 0.29) is 5.82 Å². The number of nitrogens with one attached hydrogen (secondary N) is 2. The quantitative estimate of drug-likeness (QED) is 0.348. The van der Waals surface area contributed by atoms with Crippen molar-refractivity contribution in [3.05, 3.63) is 89.6 Å². The van der Waals surface area contributed by atoms with E-state index in [0.29, 0.717) is 24.7 Å². The van der Waals surface area contributed by atoms with Gasteiger partial charge in [0.1, 0.15) is 17.4 Å². The lowest BCUT2D eigenvalue weighted by Gasteiger charge is -2.11. The Kier molecular flexibility index (Phi) is 7.09. The van der Waals surface area contributed by atoms with Gasteiger partial charge in [-0.1, -0.05) is 49.7 Å². The number of H-pyrrole nitrogens is 1. The van der Waals surface area contributed by atoms with E-state index < -0.39 is 5.91 Å². The van der Waals surface area contributed by atoms with Crippen molar-refractivity contribution in [1.82, 2.24) is 20.2 Å². The number of pyridine rings is 1. The number of carbonyl (C=O) groups excluding carboxylic acids is 1. The summed E-state index contributed by atoms with van der Waals surface area (Å²) in [4.78, 5) is 21.3. The molecule has 1 amide bonds. The number of ether oxygens (including phenoxy) is 1. The van der Waals surface area contributed by atoms with Gasteiger partial charge in [-0.2, -0.15) is 0 Å². The second-order valence-electron chi connectivity index (χ2n) is 7.83. The minimum atomic E-state index is -0.413. The summed E-state index contributed by atoms with van der Waals surface area (Å²) in [6.45, 7) is 4.88. The van der Waals surface area contributed by atoms with Crippen LogP contribution in [0.4, 0.5) is 5.82 Å². The molecule has 7 heteroatoms. The van der Waals surface area contributed by atoms with E-state index in [9.17, 15) is 4.79 Å². The lowest BCUT2D eigenvalue weighted by molar-refractivity contribution is 0.101. The van der Waals surface area contributed by atoms with Crippen molar-refractivity contribution < 1.29 is 9.53 Å². The van der Waals surface area contributed by atoms with Crippen LogP contribution < -0.4 is 10.1 Å². The number of aromatic amines is 1. The van der Waals surface area contributed by atoms with Crippen molar-refractivity contribution in [2.45, 2.75) is 33.1 Å². The number of carbonyl (C=O) groups is 1. The molecule has 0 aliphatic carbocycles. The molecule has 2 aromatic carbocycles. The van der Waals surface area contributed by atoms with Gasteiger partial charge in [0, 0.05) is 12.6 Å². The standard InChI is InChI=1S/C26H27N5O2/c1-3-4-14-33-21-11-10-18(2)22(17-21)20-12-13-27-23(16-20)29-26(32)25-28-24(30-31-25)15-19-8-6-5-7-9-19/h5-13,16-17H,3-4,14-15H2,1-2H3,(H,27,29,32)(H,28,30,31). The Labute approximate surface area is 193 Å². The van der Waals surface area contributed by atoms with E-state index in [1.165, 1.54) is 0 Å². The summed E-state index contributed by atoms with van der Waals surface area (Å²) in [7, 11) is 0. The molecule has 2 N–H and O–H groups in total. The second-order valence-corrected chi connectivity index (χ2v) is 7.83. The Morgan fingerprint density at radius 1 is 1.09 bits per heavy atom. The van der Waals surface area contributed by atoms with Gasteiger partial charge < -0.3 is 10.1 Å². The molecule has 2 heterocycles. The van der Waals surface area contributed by atoms with Crippen molar-refractivity contribution in [3.8, 4) is 16.9 Å². The number of anilines is 1. The normalized spacial score (nSPS) is 10.7. The molecule has 0 aliphatic heterocycles. The zero-order chi connectivity index (χ0) is 23.0. The summed E-state index contributed by atoms with van der Waals surface area (Å²) in [5.74, 6) is 1.56. The molecule has 0 saturated heterocycles. The van der Waals surface area contributed by atoms with Crippen LogP contribution in [0.15, 0.2) is 66.9 Å². The van der Waals surface area contributed by atoms with Gasteiger partial charge in [0.25, 0.3) is 5.91 Å². The van der Waals surface area contributed by atoms with Crippen LogP contribution in [0.5, 0.6) is 5.75 Å². The molecular weight excluding hydrogens is 414 g/mol. The summed E-state index contributed by atoms with van der Waals surface area (Å²) in [5, 5.41) is 9.69. The zero-order valence-corrected chi connectivity index (χ0v) is 18.8. The van der Waals surface area contributed by atoms with Crippen molar-refractivity contribution >= 4 is 11.7 Å². The maximum atomic E-state index is 12.7. The number of aromatic nitrogens is 4. The maximum Gasteiger partial charge on any atom is 0.296 e. The maximum absolute atomic E-state index is 12.7. The van der Waals surface area contributed by atoms with E-state index in [0.717, 1.165) is 40.8 Å². The molecule has 0 aliphatic rings. The van der Waals surface area contributed by atoms with E-state index in [2.05, 4.69) is 32.4 Å². The van der Waals surface area contributed by atoms with Crippen LogP contribution in [-0.2, 0) is 6.42 Å². The third-order valence-corrected chi connectivity index (χ3v) is 5.24. The van der Waals surface area contributed by atoms with Crippen molar-refractivity contribution in [2.75, 3.05) is 11.9 Å². The predicted octanol–water partition coefficient (Wildman–Crippen LogP) is 5.20. The molecule has 0 saturated carbocycles. The summed E-state index contributed by atoms with van der Waals surface area (Å²) >= 11 is 0. The first kappa shape index (κ1) is 22.2.